The summed E-state index contributed by atoms with van der Waals surface area (Å²) in [5.41, 5.74) is -1.52. The van der Waals surface area contributed by atoms with Gasteiger partial charge in [-0.2, -0.15) is 0 Å². The highest BCUT2D eigenvalue weighted by atomic mass is 31.2. The van der Waals surface area contributed by atoms with Crippen molar-refractivity contribution >= 4 is 36.9 Å². The van der Waals surface area contributed by atoms with E-state index in [4.69, 9.17) is 42.6 Å². The summed E-state index contributed by atoms with van der Waals surface area (Å²) in [7, 11) is -3.57. The van der Waals surface area contributed by atoms with Gasteiger partial charge in [-0.25, -0.2) is 4.57 Å². The summed E-state index contributed by atoms with van der Waals surface area (Å²) >= 11 is 0. The number of ketones is 4. The van der Waals surface area contributed by atoms with E-state index in [1.165, 1.54) is 0 Å². The van der Waals surface area contributed by atoms with Crippen molar-refractivity contribution in [1.82, 2.24) is 5.32 Å². The first-order chi connectivity index (χ1) is 37.0. The average Bonchev–Trinajstić information content (AvgIpc) is 3.40. The Morgan fingerprint density at radius 1 is 0.526 bits per heavy atom. The highest BCUT2D eigenvalue weighted by Crippen LogP contribution is 2.41. The molecule has 3 fully saturated rings. The van der Waals surface area contributed by atoms with Gasteiger partial charge in [0, 0.05) is 75.8 Å². The number of carbonyl (C=O) groups excluding carboxylic acids is 5. The lowest BCUT2D eigenvalue weighted by molar-refractivity contribution is -0.282. The number of Topliss-reactive ketones (excluding diaryl/α,β-unsaturated/α-hetero) is 4. The van der Waals surface area contributed by atoms with Crippen LogP contribution in [0.3, 0.4) is 0 Å². The average molecular weight is 1150 g/mol. The van der Waals surface area contributed by atoms with Gasteiger partial charge >= 0.3 is 7.82 Å². The number of phosphoric acid groups is 1. The maximum Gasteiger partial charge on any atom is 0.473 e. The predicted molar refractivity (Wildman–Crippen MR) is 265 cm³/mol. The maximum absolute atomic E-state index is 13.6. The first-order valence-corrected chi connectivity index (χ1v) is 27.8. The normalized spacial score (nSPS) is 31.0. The molecule has 0 aromatic heterocycles. The molecule has 0 aromatic carbocycles. The second-order valence-electron chi connectivity index (χ2n) is 20.2. The highest BCUT2D eigenvalue weighted by Gasteiger charge is 2.45. The van der Waals surface area contributed by atoms with Crippen LogP contribution in [0.5, 0.6) is 0 Å². The summed E-state index contributed by atoms with van der Waals surface area (Å²) in [6.07, 6.45) is -12.4. The predicted octanol–water partition coefficient (Wildman–Crippen LogP) is -2.30. The van der Waals surface area contributed by atoms with E-state index < -0.39 is 196 Å². The number of unbranched alkanes of at least 4 members (excludes halogenated alkanes) is 3. The lowest BCUT2D eigenvalue weighted by Crippen LogP contribution is -2.55. The van der Waals surface area contributed by atoms with E-state index in [1.807, 2.05) is 0 Å². The van der Waals surface area contributed by atoms with Gasteiger partial charge in [0.25, 0.3) is 0 Å². The smallest absolute Gasteiger partial charge is 0.394 e. The molecule has 7 unspecified atom stereocenters. The van der Waals surface area contributed by atoms with Gasteiger partial charge in [0.15, 0.2) is 36.2 Å². The molecule has 1 amide bonds. The summed E-state index contributed by atoms with van der Waals surface area (Å²) in [5.74, 6) is -4.52. The fourth-order valence-corrected chi connectivity index (χ4v) is 9.04. The number of aliphatic hydroxyl groups excluding tert-OH is 9. The van der Waals surface area contributed by atoms with E-state index >= 15 is 0 Å². The summed E-state index contributed by atoms with van der Waals surface area (Å²) in [6, 6.07) is 0. The molecule has 0 radical (unpaired) electrons. The number of carbonyl (C=O) groups is 5. The molecule has 29 heteroatoms. The lowest BCUT2D eigenvalue weighted by atomic mass is 9.84. The molecule has 3 heterocycles. The number of aliphatic hydroxyl groups is 9. The molecule has 28 nitrogen and oxygen atoms in total. The standard InChI is InChI=1S/C49H86NO27P/c1-29-40(59)43(62)36(19-51)75-46(29)71-14-8-5-11-32(54)22-68-25-49(18-35(57)17-39(58)50-28-74-78(65,66)67-4,26-69-23-33(55)12-6-9-15-72-47-30(2)41(60)44(63)37(20-52)76-47)27-70-24-34(56)13-7-10-16-73-48-31(3)42(61)45(64)38(21-53)77-48/h29-31,36-38,40-48,51-53,59-64H,5-28H2,1-4H3,(H,50,58)(H,65,66)/t29-,30-,31-,36?,37?,38?,40?,41?,42?,43-,44-,45-,46+,47+,48+,49?/m0/s1. The van der Waals surface area contributed by atoms with E-state index in [-0.39, 0.29) is 56.4 Å². The third kappa shape index (κ3) is 23.8. The molecule has 0 aromatic rings. The van der Waals surface area contributed by atoms with Crippen molar-refractivity contribution in [2.24, 2.45) is 23.2 Å². The van der Waals surface area contributed by atoms with Crippen molar-refractivity contribution in [1.29, 1.82) is 0 Å². The Bertz CT molecular complexity index is 1670. The molecule has 0 bridgehead atoms. The van der Waals surface area contributed by atoms with Crippen LogP contribution >= 0.6 is 7.82 Å². The maximum atomic E-state index is 13.6. The van der Waals surface area contributed by atoms with Crippen molar-refractivity contribution in [3.05, 3.63) is 0 Å². The van der Waals surface area contributed by atoms with Crippen molar-refractivity contribution in [3.63, 3.8) is 0 Å². The number of amides is 1. The van der Waals surface area contributed by atoms with Crippen LogP contribution in [-0.4, -0.2) is 247 Å². The second-order valence-corrected chi connectivity index (χ2v) is 21.8. The van der Waals surface area contributed by atoms with Crippen LogP contribution < -0.4 is 5.32 Å². The van der Waals surface area contributed by atoms with E-state index in [9.17, 15) is 79.4 Å². The Labute approximate surface area is 453 Å². The van der Waals surface area contributed by atoms with E-state index in [0.717, 1.165) is 7.11 Å². The minimum absolute atomic E-state index is 0.0249. The molecule has 78 heavy (non-hydrogen) atoms. The van der Waals surface area contributed by atoms with Gasteiger partial charge < -0.3 is 98.8 Å². The van der Waals surface area contributed by atoms with Gasteiger partial charge in [-0.1, -0.05) is 20.8 Å². The molecule has 11 N–H and O–H groups in total. The minimum atomic E-state index is -4.48. The summed E-state index contributed by atoms with van der Waals surface area (Å²) in [5, 5.41) is 92.0. The number of nitrogens with one attached hydrogen (secondary N) is 1. The van der Waals surface area contributed by atoms with E-state index in [0.29, 0.717) is 38.5 Å². The van der Waals surface area contributed by atoms with Gasteiger partial charge in [-0.15, -0.1) is 0 Å². The Kier molecular flexibility index (Phi) is 32.4. The molecular formula is C49H86NO27P. The number of ether oxygens (including phenoxy) is 9. The minimum Gasteiger partial charge on any atom is -0.394 e. The van der Waals surface area contributed by atoms with Crippen LogP contribution in [0.1, 0.15) is 91.4 Å². The monoisotopic (exact) mass is 1150 g/mol. The Balaban J connectivity index is 1.65. The number of hydrogen-bond donors (Lipinski definition) is 11. The van der Waals surface area contributed by atoms with Crippen LogP contribution in [-0.2, 0) is 80.2 Å². The summed E-state index contributed by atoms with van der Waals surface area (Å²) < 4.78 is 72.1. The molecule has 454 valence electrons. The third-order valence-corrected chi connectivity index (χ3v) is 14.5. The largest absolute Gasteiger partial charge is 0.473 e. The van der Waals surface area contributed by atoms with Crippen molar-refractivity contribution < 1.29 is 131 Å². The number of hydrogen-bond acceptors (Lipinski definition) is 26. The van der Waals surface area contributed by atoms with Crippen molar-refractivity contribution in [3.8, 4) is 0 Å². The zero-order valence-corrected chi connectivity index (χ0v) is 45.9. The third-order valence-electron chi connectivity index (χ3n) is 13.6. The van der Waals surface area contributed by atoms with Gasteiger partial charge in [-0.3, -0.25) is 33.0 Å². The van der Waals surface area contributed by atoms with Crippen LogP contribution in [0.2, 0.25) is 0 Å². The molecule has 0 aliphatic carbocycles. The van der Waals surface area contributed by atoms with E-state index in [1.54, 1.807) is 20.8 Å². The van der Waals surface area contributed by atoms with Crippen LogP contribution in [0.4, 0.5) is 0 Å². The van der Waals surface area contributed by atoms with Crippen LogP contribution in [0, 0.1) is 23.2 Å². The highest BCUT2D eigenvalue weighted by molar-refractivity contribution is 7.47. The van der Waals surface area contributed by atoms with E-state index in [2.05, 4.69) is 14.4 Å². The molecule has 3 rings (SSSR count). The van der Waals surface area contributed by atoms with Crippen molar-refractivity contribution in [2.45, 2.75) is 165 Å². The Morgan fingerprint density at radius 3 is 1.17 bits per heavy atom. The zero-order valence-electron chi connectivity index (χ0n) is 45.0. The number of phosphoric ester groups is 1. The molecule has 0 saturated carbocycles. The van der Waals surface area contributed by atoms with Crippen molar-refractivity contribution in [2.75, 3.05) is 93.1 Å². The molecule has 3 aliphatic heterocycles. The Hall–Kier alpha value is -2.46. The summed E-state index contributed by atoms with van der Waals surface area (Å²) in [4.78, 5) is 75.1. The number of rotatable bonds is 41. The topological polar surface area (TPSA) is 418 Å². The quantitative estimate of drug-likeness (QED) is 0.0133. The lowest BCUT2D eigenvalue weighted by Gasteiger charge is -2.40. The van der Waals surface area contributed by atoms with Gasteiger partial charge in [0.1, 0.15) is 69.0 Å². The SMILES string of the molecule is COP(=O)(O)OCNC(=O)CC(=O)CC(COCC(=O)CCCCO[C@@H]1OC(CO)[C@H](O)C(O)[C@@H]1C)(COCC(=O)CCCCO[C@@H]1OC(CO)[C@H](O)C(O)[C@@H]1C)COCC(=O)CCCCO[C@@H]1OC(CO)[C@H](O)C(O)[C@@H]1C. The fraction of sp³-hybridized carbons (Fsp3) is 0.898. The van der Waals surface area contributed by atoms with Crippen LogP contribution in [0.25, 0.3) is 0 Å². The molecule has 16 atom stereocenters. The molecule has 3 aliphatic rings. The second kappa shape index (κ2) is 36.2. The van der Waals surface area contributed by atoms with Crippen LogP contribution in [0.15, 0.2) is 0 Å². The zero-order chi connectivity index (χ0) is 58.0. The first-order valence-electron chi connectivity index (χ1n) is 26.3. The first kappa shape index (κ1) is 69.8. The Morgan fingerprint density at radius 2 is 0.859 bits per heavy atom. The van der Waals surface area contributed by atoms with Gasteiger partial charge in [-0.05, 0) is 38.5 Å². The molecule has 3 saturated heterocycles. The summed E-state index contributed by atoms with van der Waals surface area (Å²) in [6.45, 7) is 0.187. The van der Waals surface area contributed by atoms with Gasteiger partial charge in [0.05, 0.1) is 64.4 Å². The molecular weight excluding hydrogens is 1070 g/mol. The molecule has 0 spiro atoms. The fourth-order valence-electron chi connectivity index (χ4n) is 8.71. The van der Waals surface area contributed by atoms with Gasteiger partial charge in [0.2, 0.25) is 5.91 Å².